The van der Waals surface area contributed by atoms with Gasteiger partial charge in [0.25, 0.3) is 0 Å². The predicted octanol–water partition coefficient (Wildman–Crippen LogP) is 2.03. The molecular weight excluding hydrogens is 292 g/mol. The Morgan fingerprint density at radius 1 is 1.17 bits per heavy atom. The first-order valence-corrected chi connectivity index (χ1v) is 9.16. The van der Waals surface area contributed by atoms with Gasteiger partial charge in [-0.1, -0.05) is 13.8 Å². The van der Waals surface area contributed by atoms with E-state index in [4.69, 9.17) is 0 Å². The molecular formula is C18H32N2O3. The molecule has 0 spiro atoms. The lowest BCUT2D eigenvalue weighted by atomic mass is 9.91. The summed E-state index contributed by atoms with van der Waals surface area (Å²) < 4.78 is 0. The van der Waals surface area contributed by atoms with E-state index in [2.05, 4.69) is 13.8 Å². The van der Waals surface area contributed by atoms with Crippen molar-refractivity contribution in [3.8, 4) is 0 Å². The van der Waals surface area contributed by atoms with Crippen molar-refractivity contribution in [2.45, 2.75) is 71.4 Å². The molecule has 0 radical (unpaired) electrons. The first-order chi connectivity index (χ1) is 10.9. The summed E-state index contributed by atoms with van der Waals surface area (Å²) in [5.74, 6) is 0.917. The fraction of sp³-hybridized carbons (Fsp3) is 0.889. The molecule has 2 saturated heterocycles. The number of rotatable bonds is 5. The van der Waals surface area contributed by atoms with Crippen LogP contribution in [0.4, 0.5) is 0 Å². The van der Waals surface area contributed by atoms with Gasteiger partial charge in [-0.05, 0) is 50.9 Å². The van der Waals surface area contributed by atoms with E-state index >= 15 is 0 Å². The maximum absolute atomic E-state index is 13.0. The molecule has 23 heavy (non-hydrogen) atoms. The number of piperidine rings is 2. The van der Waals surface area contributed by atoms with Crippen LogP contribution >= 0.6 is 0 Å². The third-order valence-corrected chi connectivity index (χ3v) is 5.25. The van der Waals surface area contributed by atoms with Crippen molar-refractivity contribution in [1.82, 2.24) is 9.80 Å². The Balaban J connectivity index is 2.03. The van der Waals surface area contributed by atoms with Gasteiger partial charge in [0.1, 0.15) is 6.04 Å². The van der Waals surface area contributed by atoms with Gasteiger partial charge in [-0.2, -0.15) is 0 Å². The minimum Gasteiger partial charge on any atom is -0.393 e. The summed E-state index contributed by atoms with van der Waals surface area (Å²) in [6, 6.07) is -0.300. The number of carbonyl (C=O) groups excluding carboxylic acids is 2. The van der Waals surface area contributed by atoms with Gasteiger partial charge in [0.15, 0.2) is 0 Å². The Morgan fingerprint density at radius 3 is 2.35 bits per heavy atom. The Kier molecular flexibility index (Phi) is 6.45. The molecule has 2 aliphatic heterocycles. The second-order valence-electron chi connectivity index (χ2n) is 7.59. The zero-order valence-electron chi connectivity index (χ0n) is 14.8. The number of hydrogen-bond acceptors (Lipinski definition) is 3. The molecule has 0 aromatic rings. The van der Waals surface area contributed by atoms with E-state index in [-0.39, 0.29) is 24.0 Å². The van der Waals surface area contributed by atoms with Crippen molar-refractivity contribution >= 4 is 11.8 Å². The highest BCUT2D eigenvalue weighted by Crippen LogP contribution is 2.25. The molecule has 0 bridgehead atoms. The average molecular weight is 324 g/mol. The van der Waals surface area contributed by atoms with Crippen LogP contribution in [0.15, 0.2) is 0 Å². The third kappa shape index (κ3) is 4.69. The van der Waals surface area contributed by atoms with E-state index in [1.807, 2.05) is 16.7 Å². The van der Waals surface area contributed by atoms with E-state index in [1.54, 1.807) is 0 Å². The number of amides is 2. The quantitative estimate of drug-likeness (QED) is 0.842. The van der Waals surface area contributed by atoms with E-state index < -0.39 is 0 Å². The van der Waals surface area contributed by atoms with Crippen molar-refractivity contribution in [3.63, 3.8) is 0 Å². The van der Waals surface area contributed by atoms with E-state index in [0.717, 1.165) is 32.1 Å². The molecule has 0 aliphatic carbocycles. The van der Waals surface area contributed by atoms with Crippen molar-refractivity contribution in [2.75, 3.05) is 19.6 Å². The van der Waals surface area contributed by atoms with Gasteiger partial charge in [-0.25, -0.2) is 0 Å². The molecule has 0 saturated carbocycles. The highest BCUT2D eigenvalue weighted by Gasteiger charge is 2.36. The maximum Gasteiger partial charge on any atom is 0.245 e. The normalized spacial score (nSPS) is 23.3. The zero-order chi connectivity index (χ0) is 17.0. The second-order valence-corrected chi connectivity index (χ2v) is 7.59. The van der Waals surface area contributed by atoms with Crippen LogP contribution in [-0.4, -0.2) is 58.5 Å². The summed E-state index contributed by atoms with van der Waals surface area (Å²) in [6.45, 7) is 8.15. The molecule has 2 fully saturated rings. The minimum absolute atomic E-state index is 0.109. The molecule has 2 heterocycles. The number of carbonyl (C=O) groups is 2. The Morgan fingerprint density at radius 2 is 1.83 bits per heavy atom. The largest absolute Gasteiger partial charge is 0.393 e. The van der Waals surface area contributed by atoms with Crippen LogP contribution in [0.5, 0.6) is 0 Å². The maximum atomic E-state index is 13.0. The Labute approximate surface area is 140 Å². The van der Waals surface area contributed by atoms with Crippen LogP contribution in [0.2, 0.25) is 0 Å². The summed E-state index contributed by atoms with van der Waals surface area (Å²) in [7, 11) is 0. The van der Waals surface area contributed by atoms with Gasteiger partial charge < -0.3 is 14.9 Å². The van der Waals surface area contributed by atoms with Gasteiger partial charge in [0.05, 0.1) is 6.10 Å². The van der Waals surface area contributed by atoms with Crippen LogP contribution in [0.1, 0.15) is 59.3 Å². The molecule has 2 rings (SSSR count). The number of likely N-dealkylation sites (tertiary alicyclic amines) is 2. The molecule has 0 aromatic heterocycles. The fourth-order valence-corrected chi connectivity index (χ4v) is 3.78. The zero-order valence-corrected chi connectivity index (χ0v) is 14.8. The number of aliphatic hydroxyl groups excluding tert-OH is 1. The van der Waals surface area contributed by atoms with Gasteiger partial charge >= 0.3 is 0 Å². The first kappa shape index (κ1) is 18.2. The number of nitrogens with zero attached hydrogens (tertiary/aromatic N) is 2. The topological polar surface area (TPSA) is 60.9 Å². The molecule has 2 aliphatic rings. The summed E-state index contributed by atoms with van der Waals surface area (Å²) >= 11 is 0. The first-order valence-electron chi connectivity index (χ1n) is 9.16. The Hall–Kier alpha value is -1.10. The molecule has 2 atom stereocenters. The summed E-state index contributed by atoms with van der Waals surface area (Å²) in [5.41, 5.74) is 0. The van der Waals surface area contributed by atoms with Gasteiger partial charge in [-0.15, -0.1) is 0 Å². The lowest BCUT2D eigenvalue weighted by molar-refractivity contribution is -0.149. The molecule has 5 nitrogen and oxygen atoms in total. The van der Waals surface area contributed by atoms with Gasteiger partial charge in [0.2, 0.25) is 11.8 Å². The van der Waals surface area contributed by atoms with Crippen molar-refractivity contribution in [2.24, 2.45) is 11.8 Å². The minimum atomic E-state index is -0.303. The van der Waals surface area contributed by atoms with E-state index in [9.17, 15) is 14.7 Å². The highest BCUT2D eigenvalue weighted by molar-refractivity contribution is 5.88. The monoisotopic (exact) mass is 324 g/mol. The lowest BCUT2D eigenvalue weighted by Crippen LogP contribution is -2.54. The van der Waals surface area contributed by atoms with E-state index in [1.165, 1.54) is 0 Å². The van der Waals surface area contributed by atoms with Crippen LogP contribution in [0, 0.1) is 11.8 Å². The van der Waals surface area contributed by atoms with Crippen molar-refractivity contribution in [3.05, 3.63) is 0 Å². The molecule has 0 unspecified atom stereocenters. The second kappa shape index (κ2) is 8.13. The summed E-state index contributed by atoms with van der Waals surface area (Å²) in [6.07, 6.45) is 4.65. The highest BCUT2D eigenvalue weighted by atomic mass is 16.3. The average Bonchev–Trinajstić information content (AvgIpc) is 2.52. The SMILES string of the molecule is CC(C)C[C@@H](C(=O)N1CCC([C@H](C)O)CC1)N1CCCCC1=O. The molecule has 1 N–H and O–H groups in total. The number of aliphatic hydroxyl groups is 1. The fourth-order valence-electron chi connectivity index (χ4n) is 3.78. The molecule has 5 heteroatoms. The summed E-state index contributed by atoms with van der Waals surface area (Å²) in [4.78, 5) is 29.0. The van der Waals surface area contributed by atoms with Crippen LogP contribution in [0.3, 0.4) is 0 Å². The number of hydrogen-bond donors (Lipinski definition) is 1. The van der Waals surface area contributed by atoms with E-state index in [0.29, 0.717) is 37.9 Å². The standard InChI is InChI=1S/C18H32N2O3/c1-13(2)12-16(20-9-5-4-6-17(20)22)18(23)19-10-7-15(8-11-19)14(3)21/h13-16,21H,4-12H2,1-3H3/t14-,16-/m0/s1. The Bertz CT molecular complexity index is 414. The predicted molar refractivity (Wildman–Crippen MR) is 89.8 cm³/mol. The van der Waals surface area contributed by atoms with Crippen LogP contribution < -0.4 is 0 Å². The van der Waals surface area contributed by atoms with Gasteiger partial charge in [0, 0.05) is 26.1 Å². The van der Waals surface area contributed by atoms with Crippen LogP contribution in [0.25, 0.3) is 0 Å². The molecule has 132 valence electrons. The summed E-state index contributed by atoms with van der Waals surface area (Å²) in [5, 5.41) is 9.71. The van der Waals surface area contributed by atoms with Crippen LogP contribution in [-0.2, 0) is 9.59 Å². The smallest absolute Gasteiger partial charge is 0.245 e. The molecule has 2 amide bonds. The van der Waals surface area contributed by atoms with Crippen molar-refractivity contribution in [1.29, 1.82) is 0 Å². The lowest BCUT2D eigenvalue weighted by Gasteiger charge is -2.40. The molecule has 0 aromatic carbocycles. The van der Waals surface area contributed by atoms with Gasteiger partial charge in [-0.3, -0.25) is 9.59 Å². The van der Waals surface area contributed by atoms with Crippen molar-refractivity contribution < 1.29 is 14.7 Å². The third-order valence-electron chi connectivity index (χ3n) is 5.25.